The first-order valence-electron chi connectivity index (χ1n) is 7.16. The van der Waals surface area contributed by atoms with Crippen molar-refractivity contribution in [3.05, 3.63) is 66.4 Å². The van der Waals surface area contributed by atoms with Crippen molar-refractivity contribution in [2.75, 3.05) is 5.43 Å². The number of imidazole rings is 1. The summed E-state index contributed by atoms with van der Waals surface area (Å²) in [4.78, 5) is 12.4. The molecular formula is C17H12N6. The summed E-state index contributed by atoms with van der Waals surface area (Å²) in [6.45, 7) is 0.624. The molecule has 0 amide bonds. The summed E-state index contributed by atoms with van der Waals surface area (Å²) in [6.07, 6.45) is 3.20. The number of nitrogens with one attached hydrogen (secondary N) is 1. The van der Waals surface area contributed by atoms with Gasteiger partial charge in [-0.05, 0) is 16.3 Å². The second kappa shape index (κ2) is 5.39. The Morgan fingerprint density at radius 1 is 1.09 bits per heavy atom. The quantitative estimate of drug-likeness (QED) is 0.629. The Kier molecular flexibility index (Phi) is 3.10. The molecule has 6 heteroatoms. The fraction of sp³-hybridized carbons (Fsp3) is 0.0588. The lowest BCUT2D eigenvalue weighted by Gasteiger charge is -2.10. The Hall–Kier alpha value is -3.46. The van der Waals surface area contributed by atoms with Crippen molar-refractivity contribution in [3.63, 3.8) is 0 Å². The Labute approximate surface area is 132 Å². The Morgan fingerprint density at radius 3 is 2.87 bits per heavy atom. The lowest BCUT2D eigenvalue weighted by molar-refractivity contribution is 0.854. The highest BCUT2D eigenvalue weighted by molar-refractivity contribution is 5.85. The zero-order valence-corrected chi connectivity index (χ0v) is 12.1. The van der Waals surface area contributed by atoms with Crippen molar-refractivity contribution in [3.8, 4) is 6.07 Å². The lowest BCUT2D eigenvalue weighted by atomic mass is 10.1. The zero-order valence-electron chi connectivity index (χ0n) is 12.1. The van der Waals surface area contributed by atoms with Gasteiger partial charge in [-0.2, -0.15) is 10.2 Å². The van der Waals surface area contributed by atoms with E-state index in [1.165, 1.54) is 16.3 Å². The van der Waals surface area contributed by atoms with Crippen molar-refractivity contribution >= 4 is 21.9 Å². The molecule has 0 radical (unpaired) electrons. The number of fused-ring (bicyclic) bond motifs is 2. The van der Waals surface area contributed by atoms with E-state index in [1.54, 1.807) is 17.2 Å². The van der Waals surface area contributed by atoms with E-state index in [9.17, 15) is 0 Å². The molecule has 110 valence electrons. The van der Waals surface area contributed by atoms with Crippen LogP contribution in [0.4, 0.5) is 0 Å². The zero-order chi connectivity index (χ0) is 15.6. The van der Waals surface area contributed by atoms with Gasteiger partial charge >= 0.3 is 0 Å². The monoisotopic (exact) mass is 300 g/mol. The predicted molar refractivity (Wildman–Crippen MR) is 87.1 cm³/mol. The van der Waals surface area contributed by atoms with Crippen molar-refractivity contribution in [1.82, 2.24) is 19.6 Å². The summed E-state index contributed by atoms with van der Waals surface area (Å²) in [5.41, 5.74) is 5.70. The molecule has 6 nitrogen and oxygen atoms in total. The summed E-state index contributed by atoms with van der Waals surface area (Å²) in [7, 11) is 0. The molecule has 0 spiro atoms. The summed E-state index contributed by atoms with van der Waals surface area (Å²) < 4.78 is 1.72. The molecule has 0 saturated heterocycles. The maximum absolute atomic E-state index is 8.93. The minimum Gasteiger partial charge on any atom is -0.319 e. The number of benzene rings is 2. The van der Waals surface area contributed by atoms with Crippen LogP contribution in [0.1, 0.15) is 11.4 Å². The normalized spacial score (nSPS) is 10.7. The molecule has 0 saturated carbocycles. The second-order valence-corrected chi connectivity index (χ2v) is 5.10. The topological polar surface area (TPSA) is 79.4 Å². The minimum atomic E-state index is 0.131. The summed E-state index contributed by atoms with van der Waals surface area (Å²) in [5.74, 6) is 0.131. The highest BCUT2D eigenvalue weighted by Gasteiger charge is 2.07. The fourth-order valence-corrected chi connectivity index (χ4v) is 2.60. The van der Waals surface area contributed by atoms with E-state index in [4.69, 9.17) is 5.26 Å². The van der Waals surface area contributed by atoms with Crippen LogP contribution in [0.25, 0.3) is 21.9 Å². The van der Waals surface area contributed by atoms with Crippen LogP contribution in [0.15, 0.2) is 55.0 Å². The third kappa shape index (κ3) is 2.34. The molecule has 0 unspecified atom stereocenters. The molecule has 2 aromatic heterocycles. The molecular weight excluding hydrogens is 288 g/mol. The van der Waals surface area contributed by atoms with Crippen LogP contribution in [0.2, 0.25) is 0 Å². The lowest BCUT2D eigenvalue weighted by Crippen LogP contribution is -2.14. The molecule has 23 heavy (non-hydrogen) atoms. The highest BCUT2D eigenvalue weighted by atomic mass is 15.4. The van der Waals surface area contributed by atoms with Gasteiger partial charge in [0.1, 0.15) is 17.9 Å². The molecule has 1 N–H and O–H groups in total. The van der Waals surface area contributed by atoms with Gasteiger partial charge in [-0.15, -0.1) is 0 Å². The van der Waals surface area contributed by atoms with Gasteiger partial charge in [-0.3, -0.25) is 0 Å². The van der Waals surface area contributed by atoms with Crippen LogP contribution in [-0.4, -0.2) is 19.6 Å². The van der Waals surface area contributed by atoms with E-state index >= 15 is 0 Å². The standard InChI is InChI=1S/C17H12N6/c18-8-16-19-10-15-17(22-16)23(11-20-15)21-9-13-6-3-5-12-4-1-2-7-14(12)13/h1-7,10-11,21H,9H2. The predicted octanol–water partition coefficient (Wildman–Crippen LogP) is 2.59. The highest BCUT2D eigenvalue weighted by Crippen LogP contribution is 2.18. The van der Waals surface area contributed by atoms with E-state index in [0.29, 0.717) is 17.7 Å². The van der Waals surface area contributed by atoms with Gasteiger partial charge in [-0.25, -0.2) is 14.6 Å². The molecule has 0 aliphatic heterocycles. The second-order valence-electron chi connectivity index (χ2n) is 5.10. The van der Waals surface area contributed by atoms with Crippen molar-refractivity contribution in [2.24, 2.45) is 0 Å². The minimum absolute atomic E-state index is 0.131. The van der Waals surface area contributed by atoms with Crippen LogP contribution in [0, 0.1) is 11.3 Å². The number of nitriles is 1. The largest absolute Gasteiger partial charge is 0.319 e. The SMILES string of the molecule is N#Cc1ncc2ncn(NCc3cccc4ccccc34)c2n1. The Morgan fingerprint density at radius 2 is 1.96 bits per heavy atom. The fourth-order valence-electron chi connectivity index (χ4n) is 2.60. The average Bonchev–Trinajstić information content (AvgIpc) is 3.02. The number of aromatic nitrogens is 4. The maximum Gasteiger partial charge on any atom is 0.234 e. The van der Waals surface area contributed by atoms with E-state index < -0.39 is 0 Å². The van der Waals surface area contributed by atoms with Gasteiger partial charge in [0, 0.05) is 0 Å². The van der Waals surface area contributed by atoms with Crippen LogP contribution >= 0.6 is 0 Å². The Balaban J connectivity index is 1.67. The first-order valence-corrected chi connectivity index (χ1v) is 7.16. The molecule has 4 aromatic rings. The molecule has 2 aromatic carbocycles. The van der Waals surface area contributed by atoms with E-state index in [2.05, 4.69) is 44.6 Å². The molecule has 0 fully saturated rings. The summed E-state index contributed by atoms with van der Waals surface area (Å²) in [5, 5.41) is 11.3. The molecule has 4 rings (SSSR count). The van der Waals surface area contributed by atoms with Crippen molar-refractivity contribution in [1.29, 1.82) is 5.26 Å². The summed E-state index contributed by atoms with van der Waals surface area (Å²) >= 11 is 0. The smallest absolute Gasteiger partial charge is 0.234 e. The number of hydrogen-bond acceptors (Lipinski definition) is 5. The average molecular weight is 300 g/mol. The third-order valence-electron chi connectivity index (χ3n) is 3.71. The van der Waals surface area contributed by atoms with Crippen molar-refractivity contribution in [2.45, 2.75) is 6.54 Å². The van der Waals surface area contributed by atoms with Crippen molar-refractivity contribution < 1.29 is 0 Å². The van der Waals surface area contributed by atoms with Gasteiger partial charge in [0.05, 0.1) is 12.7 Å². The molecule has 0 aliphatic carbocycles. The molecule has 0 aliphatic rings. The van der Waals surface area contributed by atoms with Gasteiger partial charge in [-0.1, -0.05) is 42.5 Å². The molecule has 2 heterocycles. The van der Waals surface area contributed by atoms with Crippen LogP contribution < -0.4 is 5.43 Å². The molecule has 0 atom stereocenters. The summed E-state index contributed by atoms with van der Waals surface area (Å²) in [6, 6.07) is 16.4. The van der Waals surface area contributed by atoms with Gasteiger partial charge < -0.3 is 5.43 Å². The first-order chi connectivity index (χ1) is 11.3. The maximum atomic E-state index is 8.93. The van der Waals surface area contributed by atoms with E-state index in [-0.39, 0.29) is 5.82 Å². The number of rotatable bonds is 3. The van der Waals surface area contributed by atoms with Gasteiger partial charge in [0.25, 0.3) is 0 Å². The van der Waals surface area contributed by atoms with Gasteiger partial charge in [0.2, 0.25) is 5.82 Å². The van der Waals surface area contributed by atoms with Crippen LogP contribution in [0.5, 0.6) is 0 Å². The number of nitrogens with zero attached hydrogens (tertiary/aromatic N) is 5. The van der Waals surface area contributed by atoms with Crippen LogP contribution in [0.3, 0.4) is 0 Å². The first kappa shape index (κ1) is 13.2. The number of hydrogen-bond donors (Lipinski definition) is 1. The Bertz CT molecular complexity index is 1040. The molecule has 0 bridgehead atoms. The van der Waals surface area contributed by atoms with Gasteiger partial charge in [0.15, 0.2) is 5.65 Å². The third-order valence-corrected chi connectivity index (χ3v) is 3.71. The van der Waals surface area contributed by atoms with E-state index in [0.717, 1.165) is 0 Å². The van der Waals surface area contributed by atoms with E-state index in [1.807, 2.05) is 24.3 Å². The van der Waals surface area contributed by atoms with Crippen LogP contribution in [-0.2, 0) is 6.54 Å².